The van der Waals surface area contributed by atoms with E-state index in [0.717, 1.165) is 16.5 Å². The molecule has 0 bridgehead atoms. The van der Waals surface area contributed by atoms with E-state index in [1.807, 2.05) is 24.3 Å². The second kappa shape index (κ2) is 5.60. The fourth-order valence-corrected chi connectivity index (χ4v) is 3.02. The zero-order valence-corrected chi connectivity index (χ0v) is 12.6. The van der Waals surface area contributed by atoms with Gasteiger partial charge in [-0.3, -0.25) is 4.79 Å². The van der Waals surface area contributed by atoms with E-state index in [1.54, 1.807) is 0 Å². The van der Waals surface area contributed by atoms with E-state index >= 15 is 0 Å². The molecule has 5 nitrogen and oxygen atoms in total. The summed E-state index contributed by atoms with van der Waals surface area (Å²) in [7, 11) is -3.52. The second-order valence-electron chi connectivity index (χ2n) is 4.63. The SMILES string of the molecule is NS(=O)(=O)CCNC(=O)[C@@H]1C[C@@H]1c1ccccc1Br. The molecule has 0 radical (unpaired) electrons. The number of carbonyl (C=O) groups excluding carboxylic acids is 1. The molecule has 7 heteroatoms. The van der Waals surface area contributed by atoms with Crippen LogP contribution in [0.25, 0.3) is 0 Å². The molecule has 1 aromatic carbocycles. The number of benzene rings is 1. The first kappa shape index (κ1) is 14.5. The maximum absolute atomic E-state index is 11.8. The second-order valence-corrected chi connectivity index (χ2v) is 7.22. The topological polar surface area (TPSA) is 89.3 Å². The number of halogens is 1. The molecule has 0 aromatic heterocycles. The van der Waals surface area contributed by atoms with Crippen molar-refractivity contribution in [2.75, 3.05) is 12.3 Å². The molecule has 1 aromatic rings. The molecule has 1 fully saturated rings. The van der Waals surface area contributed by atoms with Crippen molar-refractivity contribution in [3.05, 3.63) is 34.3 Å². The predicted molar refractivity (Wildman–Crippen MR) is 76.0 cm³/mol. The van der Waals surface area contributed by atoms with Crippen molar-refractivity contribution in [3.63, 3.8) is 0 Å². The maximum Gasteiger partial charge on any atom is 0.223 e. The van der Waals surface area contributed by atoms with Gasteiger partial charge < -0.3 is 5.32 Å². The average Bonchev–Trinajstić information content (AvgIpc) is 3.07. The van der Waals surface area contributed by atoms with Crippen LogP contribution in [0, 0.1) is 5.92 Å². The van der Waals surface area contributed by atoms with E-state index in [1.165, 1.54) is 0 Å². The highest BCUT2D eigenvalue weighted by molar-refractivity contribution is 9.10. The summed E-state index contributed by atoms with van der Waals surface area (Å²) < 4.78 is 22.5. The van der Waals surface area contributed by atoms with Crippen molar-refractivity contribution < 1.29 is 13.2 Å². The van der Waals surface area contributed by atoms with Gasteiger partial charge in [-0.15, -0.1) is 0 Å². The summed E-state index contributed by atoms with van der Waals surface area (Å²) in [5.41, 5.74) is 1.12. The van der Waals surface area contributed by atoms with Crippen LogP contribution in [-0.2, 0) is 14.8 Å². The number of nitrogens with two attached hydrogens (primary N) is 1. The molecule has 19 heavy (non-hydrogen) atoms. The third-order valence-electron chi connectivity index (χ3n) is 3.12. The van der Waals surface area contributed by atoms with Crippen molar-refractivity contribution >= 4 is 31.9 Å². The number of primary sulfonamides is 1. The summed E-state index contributed by atoms with van der Waals surface area (Å²) in [5.74, 6) is -0.195. The molecule has 2 rings (SSSR count). The molecule has 2 atom stereocenters. The van der Waals surface area contributed by atoms with E-state index in [9.17, 15) is 13.2 Å². The van der Waals surface area contributed by atoms with Gasteiger partial charge in [0.25, 0.3) is 0 Å². The first-order chi connectivity index (χ1) is 8.88. The third-order valence-corrected chi connectivity index (χ3v) is 4.61. The van der Waals surface area contributed by atoms with E-state index < -0.39 is 10.0 Å². The van der Waals surface area contributed by atoms with Gasteiger partial charge in [-0.25, -0.2) is 13.6 Å². The Kier molecular flexibility index (Phi) is 4.27. The molecule has 0 saturated heterocycles. The van der Waals surface area contributed by atoms with Gasteiger partial charge in [0.05, 0.1) is 5.75 Å². The smallest absolute Gasteiger partial charge is 0.223 e. The van der Waals surface area contributed by atoms with Crippen LogP contribution in [0.2, 0.25) is 0 Å². The van der Waals surface area contributed by atoms with Crippen LogP contribution in [0.5, 0.6) is 0 Å². The fourth-order valence-electron chi connectivity index (χ4n) is 2.05. The lowest BCUT2D eigenvalue weighted by Crippen LogP contribution is -2.32. The van der Waals surface area contributed by atoms with Gasteiger partial charge in [-0.2, -0.15) is 0 Å². The molecule has 0 heterocycles. The highest BCUT2D eigenvalue weighted by Gasteiger charge is 2.44. The summed E-state index contributed by atoms with van der Waals surface area (Å²) in [6.07, 6.45) is 0.795. The number of rotatable bonds is 5. The highest BCUT2D eigenvalue weighted by atomic mass is 79.9. The summed E-state index contributed by atoms with van der Waals surface area (Å²) >= 11 is 3.46. The van der Waals surface area contributed by atoms with Crippen LogP contribution in [-0.4, -0.2) is 26.6 Å². The van der Waals surface area contributed by atoms with Crippen LogP contribution in [0.15, 0.2) is 28.7 Å². The molecule has 1 aliphatic rings. The Bertz CT molecular complexity index is 588. The molecule has 0 unspecified atom stereocenters. The van der Waals surface area contributed by atoms with Crippen LogP contribution in [0.4, 0.5) is 0 Å². The van der Waals surface area contributed by atoms with E-state index in [2.05, 4.69) is 21.2 Å². The Balaban J connectivity index is 1.86. The lowest BCUT2D eigenvalue weighted by Gasteiger charge is -2.05. The third kappa shape index (κ3) is 4.02. The Morgan fingerprint density at radius 3 is 2.74 bits per heavy atom. The number of amides is 1. The Hall–Kier alpha value is -0.920. The molecule has 104 valence electrons. The van der Waals surface area contributed by atoms with Crippen LogP contribution < -0.4 is 10.5 Å². The van der Waals surface area contributed by atoms with E-state index in [0.29, 0.717) is 0 Å². The van der Waals surface area contributed by atoms with Crippen molar-refractivity contribution in [1.29, 1.82) is 0 Å². The van der Waals surface area contributed by atoms with Gasteiger partial charge in [0.1, 0.15) is 0 Å². The van der Waals surface area contributed by atoms with Gasteiger partial charge in [0.15, 0.2) is 0 Å². The molecule has 1 aliphatic carbocycles. The molecule has 1 amide bonds. The molecular weight excluding hydrogens is 332 g/mol. The minimum absolute atomic E-state index is 0.0663. The largest absolute Gasteiger partial charge is 0.355 e. The van der Waals surface area contributed by atoms with Crippen LogP contribution in [0.3, 0.4) is 0 Å². The minimum atomic E-state index is -3.52. The normalized spacial score (nSPS) is 22.0. The summed E-state index contributed by atoms with van der Waals surface area (Å²) in [6, 6.07) is 7.81. The van der Waals surface area contributed by atoms with Gasteiger partial charge in [0.2, 0.25) is 15.9 Å². The van der Waals surface area contributed by atoms with Crippen molar-refractivity contribution in [2.45, 2.75) is 12.3 Å². The summed E-state index contributed by atoms with van der Waals surface area (Å²) in [4.78, 5) is 11.8. The number of hydrogen-bond donors (Lipinski definition) is 2. The van der Waals surface area contributed by atoms with Gasteiger partial charge >= 0.3 is 0 Å². The number of nitrogens with one attached hydrogen (secondary N) is 1. The quantitative estimate of drug-likeness (QED) is 0.831. The van der Waals surface area contributed by atoms with Crippen molar-refractivity contribution in [1.82, 2.24) is 5.32 Å². The monoisotopic (exact) mass is 346 g/mol. The fraction of sp³-hybridized carbons (Fsp3) is 0.417. The van der Waals surface area contributed by atoms with Gasteiger partial charge in [0, 0.05) is 16.9 Å². The summed E-state index contributed by atoms with van der Waals surface area (Å²) in [5, 5.41) is 7.47. The number of hydrogen-bond acceptors (Lipinski definition) is 3. The van der Waals surface area contributed by atoms with Crippen molar-refractivity contribution in [3.8, 4) is 0 Å². The number of sulfonamides is 1. The lowest BCUT2D eigenvalue weighted by molar-refractivity contribution is -0.122. The highest BCUT2D eigenvalue weighted by Crippen LogP contribution is 2.49. The van der Waals surface area contributed by atoms with Gasteiger partial charge in [-0.1, -0.05) is 34.1 Å². The Labute approximate surface area is 120 Å². The molecule has 0 spiro atoms. The first-order valence-electron chi connectivity index (χ1n) is 5.91. The van der Waals surface area contributed by atoms with Crippen LogP contribution >= 0.6 is 15.9 Å². The standard InChI is InChI=1S/C12H15BrN2O3S/c13-11-4-2-1-3-8(11)9-7-10(9)12(16)15-5-6-19(14,17)18/h1-4,9-10H,5-7H2,(H,15,16)(H2,14,17,18)/t9-,10-/m1/s1. The minimum Gasteiger partial charge on any atom is -0.355 e. The zero-order valence-electron chi connectivity index (χ0n) is 10.2. The first-order valence-corrected chi connectivity index (χ1v) is 8.42. The van der Waals surface area contributed by atoms with E-state index in [4.69, 9.17) is 5.14 Å². The van der Waals surface area contributed by atoms with Gasteiger partial charge in [-0.05, 0) is 24.0 Å². The number of carbonyl (C=O) groups is 1. The van der Waals surface area contributed by atoms with Crippen LogP contribution in [0.1, 0.15) is 17.9 Å². The van der Waals surface area contributed by atoms with E-state index in [-0.39, 0.29) is 30.0 Å². The lowest BCUT2D eigenvalue weighted by atomic mass is 10.1. The molecular formula is C12H15BrN2O3S. The zero-order chi connectivity index (χ0) is 14.0. The summed E-state index contributed by atoms with van der Waals surface area (Å²) in [6.45, 7) is 0.0663. The predicted octanol–water partition coefficient (Wildman–Crippen LogP) is 0.957. The average molecular weight is 347 g/mol. The Morgan fingerprint density at radius 2 is 2.11 bits per heavy atom. The Morgan fingerprint density at radius 1 is 1.42 bits per heavy atom. The van der Waals surface area contributed by atoms with Crippen molar-refractivity contribution in [2.24, 2.45) is 11.1 Å². The molecule has 0 aliphatic heterocycles. The molecule has 3 N–H and O–H groups in total. The molecule has 1 saturated carbocycles. The maximum atomic E-state index is 11.8.